The molecule has 1 aliphatic carbocycles. The first-order valence-electron chi connectivity index (χ1n) is 6.19. The minimum Gasteiger partial charge on any atom is -0.493 e. The molecule has 0 spiro atoms. The molecule has 16 heavy (non-hydrogen) atoms. The average molecular weight is 220 g/mol. The van der Waals surface area contributed by atoms with Crippen LogP contribution in [0.4, 0.5) is 0 Å². The quantitative estimate of drug-likeness (QED) is 0.826. The minimum absolute atomic E-state index is 0.248. The summed E-state index contributed by atoms with van der Waals surface area (Å²) in [5.74, 6) is 1.87. The summed E-state index contributed by atoms with van der Waals surface area (Å²) in [6.45, 7) is 0.892. The van der Waals surface area contributed by atoms with Crippen LogP contribution in [0, 0.1) is 11.8 Å². The van der Waals surface area contributed by atoms with Gasteiger partial charge in [-0.1, -0.05) is 31.0 Å². The second-order valence-corrected chi connectivity index (χ2v) is 4.61. The molecule has 1 aliphatic rings. The fourth-order valence-electron chi connectivity index (χ4n) is 2.49. The maximum absolute atomic E-state index is 9.38. The van der Waals surface area contributed by atoms with E-state index in [1.54, 1.807) is 0 Å². The van der Waals surface area contributed by atoms with Gasteiger partial charge in [0.1, 0.15) is 5.75 Å². The van der Waals surface area contributed by atoms with Crippen LogP contribution in [0.5, 0.6) is 5.75 Å². The third-order valence-electron chi connectivity index (χ3n) is 3.51. The molecule has 0 heterocycles. The van der Waals surface area contributed by atoms with E-state index in [1.807, 2.05) is 30.3 Å². The number of hydrogen-bond acceptors (Lipinski definition) is 2. The van der Waals surface area contributed by atoms with Crippen molar-refractivity contribution in [2.24, 2.45) is 11.8 Å². The Balaban J connectivity index is 1.83. The third-order valence-corrected chi connectivity index (χ3v) is 3.51. The highest BCUT2D eigenvalue weighted by atomic mass is 16.5. The first-order chi connectivity index (χ1) is 7.90. The molecule has 0 saturated heterocycles. The fourth-order valence-corrected chi connectivity index (χ4v) is 2.49. The second kappa shape index (κ2) is 5.90. The van der Waals surface area contributed by atoms with E-state index >= 15 is 0 Å². The molecule has 0 bridgehead atoms. The molecule has 1 fully saturated rings. The van der Waals surface area contributed by atoms with Crippen LogP contribution in [0.25, 0.3) is 0 Å². The van der Waals surface area contributed by atoms with Gasteiger partial charge in [0, 0.05) is 12.5 Å². The second-order valence-electron chi connectivity index (χ2n) is 4.61. The first kappa shape index (κ1) is 11.5. The van der Waals surface area contributed by atoms with Crippen LogP contribution in [0.1, 0.15) is 25.7 Å². The Morgan fingerprint density at radius 3 is 2.50 bits per heavy atom. The average Bonchev–Trinajstić information content (AvgIpc) is 2.85. The Kier molecular flexibility index (Phi) is 4.23. The number of aliphatic hydroxyl groups is 1. The SMILES string of the molecule is OCC(COc1ccccc1)C1CCCC1. The van der Waals surface area contributed by atoms with Crippen molar-refractivity contribution in [3.63, 3.8) is 0 Å². The Labute approximate surface area is 97.3 Å². The lowest BCUT2D eigenvalue weighted by Gasteiger charge is -2.21. The minimum atomic E-state index is 0.248. The normalized spacial score (nSPS) is 18.6. The van der Waals surface area contributed by atoms with Gasteiger partial charge in [0.25, 0.3) is 0 Å². The zero-order chi connectivity index (χ0) is 11.2. The lowest BCUT2D eigenvalue weighted by molar-refractivity contribution is 0.119. The molecule has 2 heteroatoms. The lowest BCUT2D eigenvalue weighted by Crippen LogP contribution is -2.23. The molecule has 1 N–H and O–H groups in total. The zero-order valence-corrected chi connectivity index (χ0v) is 9.64. The van der Waals surface area contributed by atoms with Crippen LogP contribution in [-0.2, 0) is 0 Å². The van der Waals surface area contributed by atoms with Gasteiger partial charge in [0.15, 0.2) is 0 Å². The number of rotatable bonds is 5. The van der Waals surface area contributed by atoms with Crippen molar-refractivity contribution >= 4 is 0 Å². The molecule has 0 aromatic heterocycles. The summed E-state index contributed by atoms with van der Waals surface area (Å²) in [7, 11) is 0. The van der Waals surface area contributed by atoms with Crippen LogP contribution in [0.3, 0.4) is 0 Å². The van der Waals surface area contributed by atoms with E-state index in [1.165, 1.54) is 25.7 Å². The van der Waals surface area contributed by atoms with Crippen LogP contribution >= 0.6 is 0 Å². The van der Waals surface area contributed by atoms with E-state index in [-0.39, 0.29) is 6.61 Å². The predicted octanol–water partition coefficient (Wildman–Crippen LogP) is 2.86. The van der Waals surface area contributed by atoms with Crippen molar-refractivity contribution in [1.29, 1.82) is 0 Å². The van der Waals surface area contributed by atoms with E-state index in [0.717, 1.165) is 5.75 Å². The molecular weight excluding hydrogens is 200 g/mol. The van der Waals surface area contributed by atoms with Crippen LogP contribution in [0.15, 0.2) is 30.3 Å². The molecule has 1 unspecified atom stereocenters. The van der Waals surface area contributed by atoms with Crippen LogP contribution in [-0.4, -0.2) is 18.3 Å². The highest BCUT2D eigenvalue weighted by molar-refractivity contribution is 5.20. The van der Waals surface area contributed by atoms with Gasteiger partial charge < -0.3 is 9.84 Å². The maximum atomic E-state index is 9.38. The van der Waals surface area contributed by atoms with Crippen LogP contribution < -0.4 is 4.74 Å². The van der Waals surface area contributed by atoms with Gasteiger partial charge in [-0.3, -0.25) is 0 Å². The molecule has 1 aromatic rings. The Morgan fingerprint density at radius 1 is 1.19 bits per heavy atom. The molecule has 1 atom stereocenters. The Morgan fingerprint density at radius 2 is 1.88 bits per heavy atom. The van der Waals surface area contributed by atoms with Gasteiger partial charge in [-0.05, 0) is 30.9 Å². The summed E-state index contributed by atoms with van der Waals surface area (Å²) in [5.41, 5.74) is 0. The van der Waals surface area contributed by atoms with E-state index in [0.29, 0.717) is 18.4 Å². The molecule has 0 radical (unpaired) electrons. The number of para-hydroxylation sites is 1. The van der Waals surface area contributed by atoms with E-state index < -0.39 is 0 Å². The van der Waals surface area contributed by atoms with Crippen molar-refractivity contribution in [2.45, 2.75) is 25.7 Å². The lowest BCUT2D eigenvalue weighted by atomic mass is 9.92. The van der Waals surface area contributed by atoms with Crippen LogP contribution in [0.2, 0.25) is 0 Å². The standard InChI is InChI=1S/C14H20O2/c15-10-13(12-6-4-5-7-12)11-16-14-8-2-1-3-9-14/h1-3,8-9,12-13,15H,4-7,10-11H2. The molecular formula is C14H20O2. The van der Waals surface area contributed by atoms with Gasteiger partial charge in [-0.2, -0.15) is 0 Å². The van der Waals surface area contributed by atoms with Gasteiger partial charge in [0.2, 0.25) is 0 Å². The van der Waals surface area contributed by atoms with Crippen molar-refractivity contribution in [3.8, 4) is 5.75 Å². The predicted molar refractivity (Wildman–Crippen MR) is 64.5 cm³/mol. The highest BCUT2D eigenvalue weighted by Crippen LogP contribution is 2.31. The number of aliphatic hydroxyl groups excluding tert-OH is 1. The first-order valence-corrected chi connectivity index (χ1v) is 6.19. The van der Waals surface area contributed by atoms with Gasteiger partial charge >= 0.3 is 0 Å². The smallest absolute Gasteiger partial charge is 0.119 e. The summed E-state index contributed by atoms with van der Waals surface area (Å²) in [5, 5.41) is 9.38. The van der Waals surface area contributed by atoms with E-state index in [2.05, 4.69) is 0 Å². The topological polar surface area (TPSA) is 29.5 Å². The van der Waals surface area contributed by atoms with Gasteiger partial charge in [-0.15, -0.1) is 0 Å². The van der Waals surface area contributed by atoms with E-state index in [4.69, 9.17) is 4.74 Å². The highest BCUT2D eigenvalue weighted by Gasteiger charge is 2.24. The molecule has 2 rings (SSSR count). The number of benzene rings is 1. The van der Waals surface area contributed by atoms with Gasteiger partial charge in [0.05, 0.1) is 6.61 Å². The summed E-state index contributed by atoms with van der Waals surface area (Å²) in [4.78, 5) is 0. The van der Waals surface area contributed by atoms with Crippen molar-refractivity contribution in [2.75, 3.05) is 13.2 Å². The van der Waals surface area contributed by atoms with Crippen molar-refractivity contribution in [1.82, 2.24) is 0 Å². The van der Waals surface area contributed by atoms with E-state index in [9.17, 15) is 5.11 Å². The molecule has 0 aliphatic heterocycles. The fraction of sp³-hybridized carbons (Fsp3) is 0.571. The molecule has 1 aromatic carbocycles. The summed E-state index contributed by atoms with van der Waals surface area (Å²) in [6, 6.07) is 9.84. The molecule has 88 valence electrons. The molecule has 2 nitrogen and oxygen atoms in total. The van der Waals surface area contributed by atoms with Gasteiger partial charge in [-0.25, -0.2) is 0 Å². The van der Waals surface area contributed by atoms with Crippen molar-refractivity contribution < 1.29 is 9.84 Å². The molecule has 0 amide bonds. The Hall–Kier alpha value is -1.02. The van der Waals surface area contributed by atoms with Crippen molar-refractivity contribution in [3.05, 3.63) is 30.3 Å². The largest absolute Gasteiger partial charge is 0.493 e. The number of ether oxygens (including phenoxy) is 1. The maximum Gasteiger partial charge on any atom is 0.119 e. The monoisotopic (exact) mass is 220 g/mol. The summed E-state index contributed by atoms with van der Waals surface area (Å²) < 4.78 is 5.71. The summed E-state index contributed by atoms with van der Waals surface area (Å²) in [6.07, 6.45) is 5.13. The number of hydrogen-bond donors (Lipinski definition) is 1. The zero-order valence-electron chi connectivity index (χ0n) is 9.64. The Bertz CT molecular complexity index is 291. The molecule has 1 saturated carbocycles. The third kappa shape index (κ3) is 2.99. The summed E-state index contributed by atoms with van der Waals surface area (Å²) >= 11 is 0.